The fraction of sp³-hybridized carbons (Fsp3) is 1.00. The number of hydrogen-bond acceptors (Lipinski definition) is 3. The van der Waals surface area contributed by atoms with Gasteiger partial charge in [0.15, 0.2) is 5.79 Å². The van der Waals surface area contributed by atoms with E-state index in [-0.39, 0.29) is 11.9 Å². The average Bonchev–Trinajstić information content (AvgIpc) is 2.48. The van der Waals surface area contributed by atoms with Gasteiger partial charge < -0.3 is 14.4 Å². The molecule has 3 nitrogen and oxygen atoms in total. The van der Waals surface area contributed by atoms with Crippen LogP contribution >= 0.6 is 11.6 Å². The van der Waals surface area contributed by atoms with Crippen LogP contribution in [0.15, 0.2) is 0 Å². The maximum Gasteiger partial charge on any atom is 0.181 e. The van der Waals surface area contributed by atoms with Crippen molar-refractivity contribution in [3.63, 3.8) is 0 Å². The van der Waals surface area contributed by atoms with Crippen molar-refractivity contribution >= 4 is 11.6 Å². The van der Waals surface area contributed by atoms with Crippen LogP contribution in [0.1, 0.15) is 12.8 Å². The first kappa shape index (κ1) is 9.71. The standard InChI is InChI=1S/C9H16ClNO2/c1-11-4-2-3-9(7-11)12-6-8(5-10)13-9/h8H,2-7H2,1H3. The number of halogens is 1. The smallest absolute Gasteiger partial charge is 0.181 e. The molecule has 0 bridgehead atoms. The Bertz CT molecular complexity index is 190. The molecule has 0 amide bonds. The van der Waals surface area contributed by atoms with E-state index < -0.39 is 0 Å². The first-order valence-corrected chi connectivity index (χ1v) is 5.34. The summed E-state index contributed by atoms with van der Waals surface area (Å²) in [5, 5.41) is 0. The SMILES string of the molecule is CN1CCCC2(C1)OCC(CCl)O2. The summed E-state index contributed by atoms with van der Waals surface area (Å²) in [6.45, 7) is 2.66. The lowest BCUT2D eigenvalue weighted by molar-refractivity contribution is -0.194. The number of alkyl halides is 1. The first-order valence-electron chi connectivity index (χ1n) is 4.80. The van der Waals surface area contributed by atoms with Gasteiger partial charge in [-0.15, -0.1) is 11.6 Å². The third-order valence-corrected chi connectivity index (χ3v) is 3.04. The van der Waals surface area contributed by atoms with E-state index in [2.05, 4.69) is 11.9 Å². The van der Waals surface area contributed by atoms with Crippen LogP contribution in [0.2, 0.25) is 0 Å². The zero-order chi connectivity index (χ0) is 9.31. The van der Waals surface area contributed by atoms with Gasteiger partial charge in [0.05, 0.1) is 25.1 Å². The molecule has 2 unspecified atom stereocenters. The van der Waals surface area contributed by atoms with Crippen LogP contribution in [-0.4, -0.2) is 49.4 Å². The Hall–Kier alpha value is 0.170. The van der Waals surface area contributed by atoms with Gasteiger partial charge in [-0.25, -0.2) is 0 Å². The lowest BCUT2D eigenvalue weighted by atomic mass is 10.1. The van der Waals surface area contributed by atoms with Crippen molar-refractivity contribution in [2.24, 2.45) is 0 Å². The zero-order valence-corrected chi connectivity index (χ0v) is 8.72. The van der Waals surface area contributed by atoms with Gasteiger partial charge in [-0.3, -0.25) is 0 Å². The molecular weight excluding hydrogens is 190 g/mol. The van der Waals surface area contributed by atoms with Crippen molar-refractivity contribution in [3.05, 3.63) is 0 Å². The van der Waals surface area contributed by atoms with E-state index in [1.165, 1.54) is 0 Å². The molecule has 13 heavy (non-hydrogen) atoms. The number of ether oxygens (including phenoxy) is 2. The molecule has 0 radical (unpaired) electrons. The summed E-state index contributed by atoms with van der Waals surface area (Å²) in [5.74, 6) is 0.192. The Morgan fingerprint density at radius 1 is 1.62 bits per heavy atom. The average molecular weight is 206 g/mol. The summed E-state index contributed by atoms with van der Waals surface area (Å²) in [7, 11) is 2.10. The predicted molar refractivity (Wildman–Crippen MR) is 51.0 cm³/mol. The summed E-state index contributed by atoms with van der Waals surface area (Å²) >= 11 is 5.73. The predicted octanol–water partition coefficient (Wildman–Crippen LogP) is 1.06. The molecule has 2 aliphatic heterocycles. The molecule has 4 heteroatoms. The summed E-state index contributed by atoms with van der Waals surface area (Å²) in [4.78, 5) is 2.25. The van der Waals surface area contributed by atoms with Crippen molar-refractivity contribution in [3.8, 4) is 0 Å². The quantitative estimate of drug-likeness (QED) is 0.598. The van der Waals surface area contributed by atoms with Gasteiger partial charge in [0.25, 0.3) is 0 Å². The highest BCUT2D eigenvalue weighted by Crippen LogP contribution is 2.32. The number of likely N-dealkylation sites (N-methyl/N-ethyl adjacent to an activating group) is 1. The summed E-state index contributed by atoms with van der Waals surface area (Å²) < 4.78 is 11.5. The molecule has 2 aliphatic rings. The maximum absolute atomic E-state index is 5.81. The number of likely N-dealkylation sites (tertiary alicyclic amines) is 1. The Morgan fingerprint density at radius 3 is 3.08 bits per heavy atom. The first-order chi connectivity index (χ1) is 6.24. The van der Waals surface area contributed by atoms with Crippen molar-refractivity contribution in [1.82, 2.24) is 4.90 Å². The second kappa shape index (κ2) is 3.73. The highest BCUT2D eigenvalue weighted by molar-refractivity contribution is 6.18. The van der Waals surface area contributed by atoms with Crippen LogP contribution < -0.4 is 0 Å². The molecule has 0 aromatic rings. The topological polar surface area (TPSA) is 21.7 Å². The second-order valence-electron chi connectivity index (χ2n) is 3.96. The molecule has 0 aliphatic carbocycles. The van der Waals surface area contributed by atoms with Gasteiger partial charge in [-0.2, -0.15) is 0 Å². The molecule has 2 saturated heterocycles. The molecule has 2 rings (SSSR count). The lowest BCUT2D eigenvalue weighted by Gasteiger charge is -2.36. The van der Waals surface area contributed by atoms with Gasteiger partial charge in [0, 0.05) is 6.42 Å². The van der Waals surface area contributed by atoms with E-state index >= 15 is 0 Å². The Labute approximate surface area is 83.9 Å². The normalized spacial score (nSPS) is 41.5. The van der Waals surface area contributed by atoms with Crippen molar-refractivity contribution < 1.29 is 9.47 Å². The minimum atomic E-state index is -0.341. The van der Waals surface area contributed by atoms with E-state index in [0.29, 0.717) is 12.5 Å². The fourth-order valence-corrected chi connectivity index (χ4v) is 2.25. The summed E-state index contributed by atoms with van der Waals surface area (Å²) in [6.07, 6.45) is 2.24. The van der Waals surface area contributed by atoms with Gasteiger partial charge >= 0.3 is 0 Å². The maximum atomic E-state index is 5.81. The molecule has 1 spiro atoms. The molecular formula is C9H16ClNO2. The second-order valence-corrected chi connectivity index (χ2v) is 4.27. The summed E-state index contributed by atoms with van der Waals surface area (Å²) in [6, 6.07) is 0. The molecule has 76 valence electrons. The van der Waals surface area contributed by atoms with Crippen LogP contribution in [0.5, 0.6) is 0 Å². The van der Waals surface area contributed by atoms with Crippen LogP contribution in [0, 0.1) is 0 Å². The van der Waals surface area contributed by atoms with E-state index in [0.717, 1.165) is 25.9 Å². The third-order valence-electron chi connectivity index (χ3n) is 2.69. The zero-order valence-electron chi connectivity index (χ0n) is 7.96. The fourth-order valence-electron chi connectivity index (χ4n) is 2.09. The van der Waals surface area contributed by atoms with E-state index in [4.69, 9.17) is 21.1 Å². The largest absolute Gasteiger partial charge is 0.346 e. The van der Waals surface area contributed by atoms with Gasteiger partial charge in [0.1, 0.15) is 0 Å². The molecule has 2 atom stereocenters. The Balaban J connectivity index is 1.97. The number of piperidine rings is 1. The monoisotopic (exact) mass is 205 g/mol. The lowest BCUT2D eigenvalue weighted by Crippen LogP contribution is -2.47. The minimum Gasteiger partial charge on any atom is -0.346 e. The van der Waals surface area contributed by atoms with Crippen LogP contribution in [0.3, 0.4) is 0 Å². The summed E-state index contributed by atoms with van der Waals surface area (Å²) in [5.41, 5.74) is 0. The van der Waals surface area contributed by atoms with Crippen LogP contribution in [0.25, 0.3) is 0 Å². The molecule has 2 fully saturated rings. The van der Waals surface area contributed by atoms with E-state index in [1.807, 2.05) is 0 Å². The molecule has 0 N–H and O–H groups in total. The van der Waals surface area contributed by atoms with Crippen LogP contribution in [0.4, 0.5) is 0 Å². The van der Waals surface area contributed by atoms with E-state index in [9.17, 15) is 0 Å². The van der Waals surface area contributed by atoms with Crippen molar-refractivity contribution in [1.29, 1.82) is 0 Å². The van der Waals surface area contributed by atoms with Gasteiger partial charge in [0.2, 0.25) is 0 Å². The van der Waals surface area contributed by atoms with Gasteiger partial charge in [-0.1, -0.05) is 0 Å². The Morgan fingerprint density at radius 2 is 2.46 bits per heavy atom. The van der Waals surface area contributed by atoms with Crippen molar-refractivity contribution in [2.45, 2.75) is 24.7 Å². The minimum absolute atomic E-state index is 0.0909. The highest BCUT2D eigenvalue weighted by Gasteiger charge is 2.43. The number of nitrogens with zero attached hydrogens (tertiary/aromatic N) is 1. The van der Waals surface area contributed by atoms with E-state index in [1.54, 1.807) is 0 Å². The number of hydrogen-bond donors (Lipinski definition) is 0. The molecule has 0 aromatic heterocycles. The van der Waals surface area contributed by atoms with Crippen molar-refractivity contribution in [2.75, 3.05) is 32.6 Å². The molecule has 2 heterocycles. The Kier molecular flexibility index (Phi) is 2.79. The highest BCUT2D eigenvalue weighted by atomic mass is 35.5. The van der Waals surface area contributed by atoms with Crippen LogP contribution in [-0.2, 0) is 9.47 Å². The molecule has 0 saturated carbocycles. The van der Waals surface area contributed by atoms with Gasteiger partial charge in [-0.05, 0) is 20.0 Å². The number of rotatable bonds is 1. The molecule has 0 aromatic carbocycles. The third kappa shape index (κ3) is 1.99.